The molecule has 0 N–H and O–H groups in total. The van der Waals surface area contributed by atoms with Gasteiger partial charge in [-0.2, -0.15) is 0 Å². The molecule has 0 saturated heterocycles. The molecular weight excluding hydrogens is 631 g/mol. The van der Waals surface area contributed by atoms with Gasteiger partial charge in [-0.05, 0) is 78.3 Å². The predicted molar refractivity (Wildman–Crippen MR) is 217 cm³/mol. The number of pyridine rings is 1. The maximum absolute atomic E-state index is 5.15. The van der Waals surface area contributed by atoms with Crippen LogP contribution in [0.3, 0.4) is 0 Å². The van der Waals surface area contributed by atoms with Crippen LogP contribution < -0.4 is 0 Å². The highest BCUT2D eigenvalue weighted by atomic mass is 14.8. The first-order valence-corrected chi connectivity index (χ1v) is 17.6. The van der Waals surface area contributed by atoms with Gasteiger partial charge in [-0.15, -0.1) is 0 Å². The van der Waals surface area contributed by atoms with Crippen LogP contribution in [0.5, 0.6) is 0 Å². The largest absolute Gasteiger partial charge is 0.264 e. The van der Waals surface area contributed by atoms with Gasteiger partial charge in [-0.3, -0.25) is 4.98 Å². The normalized spacial score (nSPS) is 11.5. The van der Waals surface area contributed by atoms with Crippen molar-refractivity contribution in [3.63, 3.8) is 0 Å². The van der Waals surface area contributed by atoms with E-state index in [0.717, 1.165) is 44.7 Å². The van der Waals surface area contributed by atoms with E-state index in [2.05, 4.69) is 145 Å². The first-order valence-electron chi connectivity index (χ1n) is 17.6. The summed E-state index contributed by atoms with van der Waals surface area (Å²) in [6.45, 7) is 0. The van der Waals surface area contributed by atoms with E-state index in [9.17, 15) is 0 Å². The fourth-order valence-electron chi connectivity index (χ4n) is 7.82. The summed E-state index contributed by atoms with van der Waals surface area (Å²) in [6.07, 6.45) is 3.77. The van der Waals surface area contributed by atoms with E-state index in [1.54, 1.807) is 0 Å². The molecule has 2 heterocycles. The third kappa shape index (κ3) is 4.94. The van der Waals surface area contributed by atoms with Gasteiger partial charge in [0.1, 0.15) is 0 Å². The highest BCUT2D eigenvalue weighted by Crippen LogP contribution is 2.46. The standard InChI is InChI=1S/C49H31N3/c1-2-13-33(14-3-1)48-49(52-45-25-9-8-24-44(45)51-48)34-28-26-32(27-29-34)46-40-16-4-6-18-42(40)47(43-19-7-5-17-41(43)46)39-23-11-21-37-36(20-10-22-38(37)39)35-15-12-30-50-31-35/h1-31H. The number of hydrogen-bond donors (Lipinski definition) is 0. The SMILES string of the molecule is c1ccc(-c2nc3ccccc3nc2-c2ccc(-c3c4ccccc4c(-c4cccc5c(-c6cccnc6)cccc45)c4ccccc34)cc2)cc1. The van der Waals surface area contributed by atoms with Crippen LogP contribution >= 0.6 is 0 Å². The molecule has 0 aliphatic heterocycles. The summed E-state index contributed by atoms with van der Waals surface area (Å²) >= 11 is 0. The van der Waals surface area contributed by atoms with Gasteiger partial charge in [0, 0.05) is 29.1 Å². The molecule has 0 amide bonds. The number of hydrogen-bond acceptors (Lipinski definition) is 3. The van der Waals surface area contributed by atoms with Gasteiger partial charge in [0.25, 0.3) is 0 Å². The summed E-state index contributed by atoms with van der Waals surface area (Å²) in [6, 6.07) is 62.4. The van der Waals surface area contributed by atoms with E-state index in [1.165, 1.54) is 54.6 Å². The third-order valence-corrected chi connectivity index (χ3v) is 10.2. The molecule has 8 aromatic carbocycles. The van der Waals surface area contributed by atoms with E-state index in [-0.39, 0.29) is 0 Å². The smallest absolute Gasteiger partial charge is 0.0973 e. The number of fused-ring (bicyclic) bond motifs is 4. The second-order valence-corrected chi connectivity index (χ2v) is 13.1. The molecule has 0 radical (unpaired) electrons. The van der Waals surface area contributed by atoms with Crippen LogP contribution in [-0.2, 0) is 0 Å². The molecule has 3 heteroatoms. The van der Waals surface area contributed by atoms with Gasteiger partial charge in [0.05, 0.1) is 22.4 Å². The summed E-state index contributed by atoms with van der Waals surface area (Å²) in [5.41, 5.74) is 12.8. The second kappa shape index (κ2) is 12.4. The molecule has 3 nitrogen and oxygen atoms in total. The van der Waals surface area contributed by atoms with E-state index >= 15 is 0 Å². The van der Waals surface area contributed by atoms with Crippen molar-refractivity contribution >= 4 is 43.4 Å². The quantitative estimate of drug-likeness (QED) is 0.172. The molecule has 52 heavy (non-hydrogen) atoms. The number of aromatic nitrogens is 3. The Balaban J connectivity index is 1.17. The number of para-hydroxylation sites is 2. The molecule has 0 bridgehead atoms. The molecular formula is C49H31N3. The van der Waals surface area contributed by atoms with E-state index in [1.807, 2.05) is 48.8 Å². The van der Waals surface area contributed by atoms with Gasteiger partial charge in [-0.1, -0.05) is 158 Å². The number of benzene rings is 8. The van der Waals surface area contributed by atoms with Crippen LogP contribution in [0, 0.1) is 0 Å². The number of rotatable bonds is 5. The summed E-state index contributed by atoms with van der Waals surface area (Å²) in [4.78, 5) is 14.7. The fourth-order valence-corrected chi connectivity index (χ4v) is 7.82. The first kappa shape index (κ1) is 29.9. The van der Waals surface area contributed by atoms with Crippen LogP contribution in [-0.4, -0.2) is 15.0 Å². The first-order chi connectivity index (χ1) is 25.8. The Bertz CT molecular complexity index is 2880. The van der Waals surface area contributed by atoms with Crippen molar-refractivity contribution in [1.82, 2.24) is 15.0 Å². The van der Waals surface area contributed by atoms with Crippen LogP contribution in [0.1, 0.15) is 0 Å². The Labute approximate surface area is 301 Å². The molecule has 0 atom stereocenters. The van der Waals surface area contributed by atoms with Crippen molar-refractivity contribution < 1.29 is 0 Å². The van der Waals surface area contributed by atoms with Crippen LogP contribution in [0.25, 0.3) is 99.2 Å². The Kier molecular flexibility index (Phi) is 7.14. The molecule has 0 aliphatic carbocycles. The second-order valence-electron chi connectivity index (χ2n) is 13.1. The number of nitrogens with zero attached hydrogens (tertiary/aromatic N) is 3. The lowest BCUT2D eigenvalue weighted by Gasteiger charge is -2.19. The van der Waals surface area contributed by atoms with E-state index in [0.29, 0.717) is 0 Å². The zero-order chi connectivity index (χ0) is 34.4. The molecule has 0 aliphatic rings. The Morgan fingerprint density at radius 3 is 1.35 bits per heavy atom. The van der Waals surface area contributed by atoms with Crippen molar-refractivity contribution in [3.05, 3.63) is 188 Å². The summed E-state index contributed by atoms with van der Waals surface area (Å²) < 4.78 is 0. The fraction of sp³-hybridized carbons (Fsp3) is 0. The Hall–Kier alpha value is -6.97. The van der Waals surface area contributed by atoms with Crippen molar-refractivity contribution in [2.75, 3.05) is 0 Å². The Morgan fingerprint density at radius 2 is 0.750 bits per heavy atom. The van der Waals surface area contributed by atoms with E-state index in [4.69, 9.17) is 9.97 Å². The third-order valence-electron chi connectivity index (χ3n) is 10.2. The average Bonchev–Trinajstić information content (AvgIpc) is 3.22. The monoisotopic (exact) mass is 661 g/mol. The zero-order valence-corrected chi connectivity index (χ0v) is 28.2. The van der Waals surface area contributed by atoms with Crippen molar-refractivity contribution in [2.24, 2.45) is 0 Å². The lowest BCUT2D eigenvalue weighted by Crippen LogP contribution is -1.95. The topological polar surface area (TPSA) is 38.7 Å². The molecule has 0 saturated carbocycles. The molecule has 0 unspecified atom stereocenters. The summed E-state index contributed by atoms with van der Waals surface area (Å²) in [5.74, 6) is 0. The van der Waals surface area contributed by atoms with Crippen LogP contribution in [0.4, 0.5) is 0 Å². The maximum atomic E-state index is 5.15. The van der Waals surface area contributed by atoms with Gasteiger partial charge in [0.15, 0.2) is 0 Å². The van der Waals surface area contributed by atoms with Crippen LogP contribution in [0.2, 0.25) is 0 Å². The summed E-state index contributed by atoms with van der Waals surface area (Å²) in [7, 11) is 0. The van der Waals surface area contributed by atoms with Gasteiger partial charge >= 0.3 is 0 Å². The zero-order valence-electron chi connectivity index (χ0n) is 28.2. The Morgan fingerprint density at radius 1 is 0.288 bits per heavy atom. The highest BCUT2D eigenvalue weighted by molar-refractivity contribution is 6.24. The highest BCUT2D eigenvalue weighted by Gasteiger charge is 2.19. The van der Waals surface area contributed by atoms with Crippen molar-refractivity contribution in [3.8, 4) is 55.9 Å². The van der Waals surface area contributed by atoms with Crippen LogP contribution in [0.15, 0.2) is 188 Å². The molecule has 0 spiro atoms. The van der Waals surface area contributed by atoms with Gasteiger partial charge in [0.2, 0.25) is 0 Å². The maximum Gasteiger partial charge on any atom is 0.0973 e. The van der Waals surface area contributed by atoms with E-state index < -0.39 is 0 Å². The van der Waals surface area contributed by atoms with Crippen molar-refractivity contribution in [1.29, 1.82) is 0 Å². The minimum atomic E-state index is 0.878. The lowest BCUT2D eigenvalue weighted by atomic mass is 9.84. The minimum absolute atomic E-state index is 0.878. The van der Waals surface area contributed by atoms with Crippen molar-refractivity contribution in [2.45, 2.75) is 0 Å². The lowest BCUT2D eigenvalue weighted by molar-refractivity contribution is 1.29. The molecule has 10 rings (SSSR count). The molecule has 0 fully saturated rings. The predicted octanol–water partition coefficient (Wildman–Crippen LogP) is 12.8. The average molecular weight is 662 g/mol. The molecule has 2 aromatic heterocycles. The molecule has 10 aromatic rings. The van der Waals surface area contributed by atoms with Gasteiger partial charge in [-0.25, -0.2) is 9.97 Å². The van der Waals surface area contributed by atoms with Gasteiger partial charge < -0.3 is 0 Å². The molecule has 242 valence electrons. The minimum Gasteiger partial charge on any atom is -0.264 e. The summed E-state index contributed by atoms with van der Waals surface area (Å²) in [5, 5.41) is 7.34.